The Bertz CT molecular complexity index is 1520. The van der Waals surface area contributed by atoms with Crippen LogP contribution in [-0.2, 0) is 4.79 Å². The van der Waals surface area contributed by atoms with Crippen LogP contribution < -0.4 is 10.1 Å². The Labute approximate surface area is 234 Å². The molecule has 8 nitrogen and oxygen atoms in total. The summed E-state index contributed by atoms with van der Waals surface area (Å²) in [5.41, 5.74) is 6.04. The number of hydrogen-bond donors (Lipinski definition) is 2. The number of carboxylic acids is 1. The Morgan fingerprint density at radius 1 is 0.976 bits per heavy atom. The highest BCUT2D eigenvalue weighted by Crippen LogP contribution is 2.28. The maximum Gasteiger partial charge on any atom is 0.490 e. The third-order valence-corrected chi connectivity index (χ3v) is 6.53. The van der Waals surface area contributed by atoms with Gasteiger partial charge in [0.1, 0.15) is 23.7 Å². The van der Waals surface area contributed by atoms with Crippen molar-refractivity contribution in [1.29, 1.82) is 0 Å². The van der Waals surface area contributed by atoms with Crippen LogP contribution in [0.2, 0.25) is 0 Å². The molecular formula is C29H29F4N5O3. The van der Waals surface area contributed by atoms with Crippen LogP contribution >= 0.6 is 0 Å². The van der Waals surface area contributed by atoms with Gasteiger partial charge in [0.2, 0.25) is 5.95 Å². The van der Waals surface area contributed by atoms with E-state index in [1.54, 1.807) is 6.07 Å². The van der Waals surface area contributed by atoms with Gasteiger partial charge in [-0.05, 0) is 104 Å². The second kappa shape index (κ2) is 12.9. The number of likely N-dealkylation sites (tertiary alicyclic amines) is 1. The molecule has 216 valence electrons. The molecule has 41 heavy (non-hydrogen) atoms. The number of hydrogen-bond acceptors (Lipinski definition) is 7. The maximum atomic E-state index is 13.7. The van der Waals surface area contributed by atoms with Crippen LogP contribution in [0.1, 0.15) is 24.0 Å². The molecule has 0 unspecified atom stereocenters. The molecule has 1 saturated heterocycles. The first-order valence-electron chi connectivity index (χ1n) is 12.9. The van der Waals surface area contributed by atoms with Crippen LogP contribution in [0.3, 0.4) is 0 Å². The number of fused-ring (bicyclic) bond motifs is 1. The normalized spacial score (nSPS) is 13.5. The lowest BCUT2D eigenvalue weighted by molar-refractivity contribution is -0.192. The molecule has 5 rings (SSSR count). The first-order chi connectivity index (χ1) is 19.5. The molecular weight excluding hydrogens is 542 g/mol. The lowest BCUT2D eigenvalue weighted by atomic mass is 10.00. The number of rotatable bonds is 7. The number of nitrogens with zero attached hydrogens (tertiary/aromatic N) is 4. The predicted molar refractivity (Wildman–Crippen MR) is 147 cm³/mol. The number of halogens is 4. The molecule has 3 aromatic carbocycles. The summed E-state index contributed by atoms with van der Waals surface area (Å²) in [7, 11) is 0. The summed E-state index contributed by atoms with van der Waals surface area (Å²) in [4.78, 5) is 15.9. The summed E-state index contributed by atoms with van der Waals surface area (Å²) < 4.78 is 51.4. The number of carboxylic acid groups (broad SMARTS) is 1. The van der Waals surface area contributed by atoms with Crippen molar-refractivity contribution >= 4 is 28.6 Å². The molecule has 0 amide bonds. The van der Waals surface area contributed by atoms with Crippen molar-refractivity contribution in [3.63, 3.8) is 0 Å². The first kappa shape index (κ1) is 29.7. The molecule has 2 N–H and O–H groups in total. The minimum atomic E-state index is -5.08. The van der Waals surface area contributed by atoms with Crippen LogP contribution in [-0.4, -0.2) is 63.6 Å². The molecule has 2 heterocycles. The number of aromatic nitrogens is 3. The lowest BCUT2D eigenvalue weighted by Gasteiger charge is -2.16. The van der Waals surface area contributed by atoms with Gasteiger partial charge in [0.25, 0.3) is 0 Å². The van der Waals surface area contributed by atoms with E-state index in [1.165, 1.54) is 38.1 Å². The van der Waals surface area contributed by atoms with E-state index in [1.807, 2.05) is 50.2 Å². The van der Waals surface area contributed by atoms with Gasteiger partial charge in [0.15, 0.2) is 0 Å². The quantitative estimate of drug-likeness (QED) is 0.249. The summed E-state index contributed by atoms with van der Waals surface area (Å²) in [6.07, 6.45) is -2.50. The van der Waals surface area contributed by atoms with Crippen LogP contribution in [0.5, 0.6) is 5.75 Å². The number of ether oxygens (including phenoxy) is 1. The van der Waals surface area contributed by atoms with Crippen molar-refractivity contribution in [2.24, 2.45) is 0 Å². The third-order valence-electron chi connectivity index (χ3n) is 6.53. The van der Waals surface area contributed by atoms with Crippen LogP contribution in [0.15, 0.2) is 54.6 Å². The van der Waals surface area contributed by atoms with E-state index in [9.17, 15) is 17.6 Å². The minimum absolute atomic E-state index is 0.261. The standard InChI is InChI=1S/C27H28FN5O.C2HF3O2/c1-18-5-7-21(28)17-23(18)20-6-9-25-26(16-20)31-32-27(30-25)29-24-10-8-22(15-19(24)2)34-14-13-33-11-3-4-12-33;3-2(4,5)1(6)7/h5-10,15-17H,3-4,11-14H2,1-2H3,(H,29,30,32);(H,6,7). The van der Waals surface area contributed by atoms with Crippen LogP contribution in [0.4, 0.5) is 29.2 Å². The molecule has 0 bridgehead atoms. The van der Waals surface area contributed by atoms with Crippen molar-refractivity contribution < 1.29 is 32.2 Å². The number of nitrogens with one attached hydrogen (secondary N) is 1. The van der Waals surface area contributed by atoms with E-state index in [4.69, 9.17) is 14.6 Å². The zero-order chi connectivity index (χ0) is 29.6. The molecule has 1 aliphatic heterocycles. The van der Waals surface area contributed by atoms with Gasteiger partial charge >= 0.3 is 12.1 Å². The fourth-order valence-corrected chi connectivity index (χ4v) is 4.35. The van der Waals surface area contributed by atoms with Gasteiger partial charge in [-0.2, -0.15) is 13.2 Å². The zero-order valence-electron chi connectivity index (χ0n) is 22.5. The highest BCUT2D eigenvalue weighted by Gasteiger charge is 2.38. The monoisotopic (exact) mass is 571 g/mol. The minimum Gasteiger partial charge on any atom is -0.492 e. The number of aliphatic carboxylic acids is 1. The zero-order valence-corrected chi connectivity index (χ0v) is 22.5. The van der Waals surface area contributed by atoms with Crippen molar-refractivity contribution in [2.75, 3.05) is 31.6 Å². The third kappa shape index (κ3) is 8.10. The second-order valence-electron chi connectivity index (χ2n) is 9.60. The predicted octanol–water partition coefficient (Wildman–Crippen LogP) is 6.30. The molecule has 0 atom stereocenters. The Kier molecular flexibility index (Phi) is 9.33. The van der Waals surface area contributed by atoms with Crippen molar-refractivity contribution in [2.45, 2.75) is 32.9 Å². The average Bonchev–Trinajstić information content (AvgIpc) is 3.45. The number of anilines is 2. The topological polar surface area (TPSA) is 100 Å². The van der Waals surface area contributed by atoms with Gasteiger partial charge in [-0.15, -0.1) is 10.2 Å². The largest absolute Gasteiger partial charge is 0.492 e. The van der Waals surface area contributed by atoms with Gasteiger partial charge in [-0.3, -0.25) is 4.90 Å². The van der Waals surface area contributed by atoms with E-state index < -0.39 is 12.1 Å². The fraction of sp³-hybridized carbons (Fsp3) is 0.310. The van der Waals surface area contributed by atoms with E-state index in [-0.39, 0.29) is 5.82 Å². The maximum absolute atomic E-state index is 13.7. The van der Waals surface area contributed by atoms with Gasteiger partial charge in [-0.1, -0.05) is 12.1 Å². The Hall–Kier alpha value is -4.32. The molecule has 1 aliphatic rings. The van der Waals surface area contributed by atoms with Gasteiger partial charge in [0, 0.05) is 12.2 Å². The molecule has 0 saturated carbocycles. The highest BCUT2D eigenvalue weighted by atomic mass is 19.4. The van der Waals surface area contributed by atoms with Crippen molar-refractivity contribution in [3.8, 4) is 16.9 Å². The molecule has 1 fully saturated rings. The molecule has 0 aliphatic carbocycles. The highest BCUT2D eigenvalue weighted by molar-refractivity contribution is 5.82. The summed E-state index contributed by atoms with van der Waals surface area (Å²) in [5.74, 6) is -1.73. The average molecular weight is 572 g/mol. The van der Waals surface area contributed by atoms with Gasteiger partial charge in [0.05, 0.1) is 5.52 Å². The van der Waals surface area contributed by atoms with Crippen LogP contribution in [0.25, 0.3) is 22.2 Å². The van der Waals surface area contributed by atoms with E-state index in [0.29, 0.717) is 18.1 Å². The Morgan fingerprint density at radius 3 is 2.39 bits per heavy atom. The van der Waals surface area contributed by atoms with E-state index in [0.717, 1.165) is 45.8 Å². The Balaban J connectivity index is 0.000000493. The Morgan fingerprint density at radius 2 is 1.71 bits per heavy atom. The van der Waals surface area contributed by atoms with Crippen molar-refractivity contribution in [3.05, 3.63) is 71.5 Å². The molecule has 4 aromatic rings. The SMILES string of the molecule is Cc1cc(OCCN2CCCC2)ccc1Nc1nnc2cc(-c3cc(F)ccc3C)ccc2n1.O=C(O)C(F)(F)F. The summed E-state index contributed by atoms with van der Waals surface area (Å²) in [5, 5.41) is 19.0. The molecule has 12 heteroatoms. The van der Waals surface area contributed by atoms with Crippen LogP contribution in [0, 0.1) is 19.7 Å². The van der Waals surface area contributed by atoms with Gasteiger partial charge < -0.3 is 15.2 Å². The number of carbonyl (C=O) groups is 1. The van der Waals surface area contributed by atoms with E-state index >= 15 is 0 Å². The molecule has 0 spiro atoms. The lowest BCUT2D eigenvalue weighted by Crippen LogP contribution is -2.25. The fourth-order valence-electron chi connectivity index (χ4n) is 4.35. The van der Waals surface area contributed by atoms with Crippen molar-refractivity contribution in [1.82, 2.24) is 20.1 Å². The summed E-state index contributed by atoms with van der Waals surface area (Å²) in [6.45, 7) is 8.00. The summed E-state index contributed by atoms with van der Waals surface area (Å²) in [6, 6.07) is 16.4. The second-order valence-corrected chi connectivity index (χ2v) is 9.60. The smallest absolute Gasteiger partial charge is 0.490 e. The molecule has 1 aromatic heterocycles. The number of aryl methyl sites for hydroxylation is 2. The first-order valence-corrected chi connectivity index (χ1v) is 12.9. The van der Waals surface area contributed by atoms with E-state index in [2.05, 4.69) is 25.4 Å². The number of alkyl halides is 3. The summed E-state index contributed by atoms with van der Waals surface area (Å²) >= 11 is 0. The van der Waals surface area contributed by atoms with Gasteiger partial charge in [-0.25, -0.2) is 14.2 Å². The molecule has 0 radical (unpaired) electrons. The number of benzene rings is 3.